The number of aromatic nitrogens is 3. The molecule has 27 heavy (non-hydrogen) atoms. The average molecular weight is 393 g/mol. The van der Waals surface area contributed by atoms with Gasteiger partial charge in [-0.15, -0.1) is 10.2 Å². The lowest BCUT2D eigenvalue weighted by atomic mass is 9.82. The Balaban J connectivity index is 1.47. The zero-order chi connectivity index (χ0) is 19.2. The standard InChI is InChI=1S/C20H36N6S/c1-15(2)12-26-18(23-24-20(26)27-4)10-7-11-22-19(21-3)25-13-16-8-5-6-9-17(16)14-25/h15-17H,5-14H2,1-4H3,(H,21,22). The number of hydrogen-bond acceptors (Lipinski definition) is 4. The number of aryl methyl sites for hydroxylation is 1. The first-order valence-corrected chi connectivity index (χ1v) is 11.8. The summed E-state index contributed by atoms with van der Waals surface area (Å²) in [4.78, 5) is 7.02. The molecule has 1 aliphatic heterocycles. The van der Waals surface area contributed by atoms with Crippen LogP contribution in [0.2, 0.25) is 0 Å². The number of fused-ring (bicyclic) bond motifs is 1. The normalized spacial score (nSPS) is 23.1. The fourth-order valence-corrected chi connectivity index (χ4v) is 5.08. The molecule has 1 saturated carbocycles. The highest BCUT2D eigenvalue weighted by molar-refractivity contribution is 7.98. The van der Waals surface area contributed by atoms with E-state index < -0.39 is 0 Å². The first-order valence-electron chi connectivity index (χ1n) is 10.5. The molecule has 152 valence electrons. The zero-order valence-electron chi connectivity index (χ0n) is 17.4. The molecule has 1 N–H and O–H groups in total. The third-order valence-electron chi connectivity index (χ3n) is 5.87. The maximum atomic E-state index is 4.54. The van der Waals surface area contributed by atoms with Gasteiger partial charge in [0, 0.05) is 39.6 Å². The number of guanidine groups is 1. The molecule has 1 aromatic heterocycles. The molecule has 1 aliphatic carbocycles. The molecular formula is C20H36N6S. The van der Waals surface area contributed by atoms with E-state index in [2.05, 4.69) is 50.1 Å². The van der Waals surface area contributed by atoms with E-state index in [9.17, 15) is 0 Å². The molecule has 6 nitrogen and oxygen atoms in total. The molecule has 0 bridgehead atoms. The van der Waals surface area contributed by atoms with E-state index in [4.69, 9.17) is 0 Å². The second kappa shape index (κ2) is 9.80. The van der Waals surface area contributed by atoms with Crippen molar-refractivity contribution >= 4 is 17.7 Å². The monoisotopic (exact) mass is 392 g/mol. The maximum Gasteiger partial charge on any atom is 0.193 e. The SMILES string of the molecule is CN=C(NCCCc1nnc(SC)n1CC(C)C)N1CC2CCCCC2C1. The summed E-state index contributed by atoms with van der Waals surface area (Å²) in [6.07, 6.45) is 9.71. The summed E-state index contributed by atoms with van der Waals surface area (Å²) in [5.74, 6) is 4.56. The summed E-state index contributed by atoms with van der Waals surface area (Å²) in [7, 11) is 1.91. The maximum absolute atomic E-state index is 4.54. The molecule has 2 atom stereocenters. The van der Waals surface area contributed by atoms with Crippen LogP contribution in [-0.4, -0.2) is 58.6 Å². The summed E-state index contributed by atoms with van der Waals surface area (Å²) in [5.41, 5.74) is 0. The Morgan fingerprint density at radius 2 is 1.93 bits per heavy atom. The van der Waals surface area contributed by atoms with E-state index in [0.29, 0.717) is 5.92 Å². The predicted octanol–water partition coefficient (Wildman–Crippen LogP) is 3.29. The second-order valence-electron chi connectivity index (χ2n) is 8.39. The fourth-order valence-electron chi connectivity index (χ4n) is 4.56. The molecule has 0 spiro atoms. The van der Waals surface area contributed by atoms with Gasteiger partial charge in [0.25, 0.3) is 0 Å². The van der Waals surface area contributed by atoms with E-state index in [0.717, 1.165) is 54.7 Å². The van der Waals surface area contributed by atoms with Gasteiger partial charge in [0.05, 0.1) is 0 Å². The van der Waals surface area contributed by atoms with Crippen LogP contribution in [0.3, 0.4) is 0 Å². The lowest BCUT2D eigenvalue weighted by Crippen LogP contribution is -2.40. The third-order valence-corrected chi connectivity index (χ3v) is 6.54. The Hall–Kier alpha value is -1.24. The summed E-state index contributed by atoms with van der Waals surface area (Å²) < 4.78 is 2.29. The highest BCUT2D eigenvalue weighted by atomic mass is 32.2. The van der Waals surface area contributed by atoms with Gasteiger partial charge in [0.1, 0.15) is 5.82 Å². The van der Waals surface area contributed by atoms with Gasteiger partial charge in [0.2, 0.25) is 0 Å². The van der Waals surface area contributed by atoms with Crippen molar-refractivity contribution < 1.29 is 0 Å². The first-order chi connectivity index (χ1) is 13.1. The van der Waals surface area contributed by atoms with Crippen LogP contribution < -0.4 is 5.32 Å². The number of hydrogen-bond donors (Lipinski definition) is 1. The second-order valence-corrected chi connectivity index (χ2v) is 9.17. The van der Waals surface area contributed by atoms with E-state index >= 15 is 0 Å². The minimum atomic E-state index is 0.598. The molecule has 2 fully saturated rings. The van der Waals surface area contributed by atoms with Gasteiger partial charge in [-0.3, -0.25) is 4.99 Å². The highest BCUT2D eigenvalue weighted by Gasteiger charge is 2.35. The molecule has 1 saturated heterocycles. The van der Waals surface area contributed by atoms with Crippen molar-refractivity contribution in [2.24, 2.45) is 22.7 Å². The van der Waals surface area contributed by atoms with Crippen molar-refractivity contribution in [3.05, 3.63) is 5.82 Å². The molecular weight excluding hydrogens is 356 g/mol. The summed E-state index contributed by atoms with van der Waals surface area (Å²) in [6.45, 7) is 8.78. The van der Waals surface area contributed by atoms with Crippen LogP contribution in [0.1, 0.15) is 51.8 Å². The van der Waals surface area contributed by atoms with Gasteiger partial charge in [0.15, 0.2) is 11.1 Å². The van der Waals surface area contributed by atoms with Gasteiger partial charge in [-0.1, -0.05) is 38.5 Å². The quantitative estimate of drug-likeness (QED) is 0.334. The van der Waals surface area contributed by atoms with Crippen molar-refractivity contribution in [2.45, 2.75) is 64.1 Å². The Kier molecular flexibility index (Phi) is 7.44. The highest BCUT2D eigenvalue weighted by Crippen LogP contribution is 2.35. The van der Waals surface area contributed by atoms with Crippen LogP contribution in [0.5, 0.6) is 0 Å². The number of nitrogens with one attached hydrogen (secondary N) is 1. The Morgan fingerprint density at radius 1 is 1.22 bits per heavy atom. The van der Waals surface area contributed by atoms with Gasteiger partial charge < -0.3 is 14.8 Å². The fraction of sp³-hybridized carbons (Fsp3) is 0.850. The van der Waals surface area contributed by atoms with Crippen molar-refractivity contribution in [2.75, 3.05) is 32.9 Å². The van der Waals surface area contributed by atoms with E-state index in [1.165, 1.54) is 38.8 Å². The lowest BCUT2D eigenvalue weighted by molar-refractivity contribution is 0.299. The molecule has 0 amide bonds. The van der Waals surface area contributed by atoms with Crippen LogP contribution in [0.4, 0.5) is 0 Å². The van der Waals surface area contributed by atoms with Crippen LogP contribution in [0, 0.1) is 17.8 Å². The first kappa shape index (κ1) is 20.5. The molecule has 1 aromatic rings. The van der Waals surface area contributed by atoms with E-state index in [-0.39, 0.29) is 0 Å². The number of likely N-dealkylation sites (tertiary alicyclic amines) is 1. The van der Waals surface area contributed by atoms with Crippen molar-refractivity contribution in [3.63, 3.8) is 0 Å². The molecule has 2 unspecified atom stereocenters. The summed E-state index contributed by atoms with van der Waals surface area (Å²) >= 11 is 1.68. The molecule has 2 heterocycles. The molecule has 2 aliphatic rings. The Bertz CT molecular complexity index is 612. The van der Waals surface area contributed by atoms with Gasteiger partial charge in [-0.25, -0.2) is 0 Å². The summed E-state index contributed by atoms with van der Waals surface area (Å²) in [5, 5.41) is 13.4. The Morgan fingerprint density at radius 3 is 2.52 bits per heavy atom. The number of thioether (sulfide) groups is 1. The van der Waals surface area contributed by atoms with Crippen LogP contribution in [0.15, 0.2) is 10.1 Å². The predicted molar refractivity (Wildman–Crippen MR) is 113 cm³/mol. The summed E-state index contributed by atoms with van der Waals surface area (Å²) in [6, 6.07) is 0. The minimum Gasteiger partial charge on any atom is -0.356 e. The largest absolute Gasteiger partial charge is 0.356 e. The third kappa shape index (κ3) is 5.18. The van der Waals surface area contributed by atoms with Crippen molar-refractivity contribution in [1.82, 2.24) is 25.0 Å². The number of rotatable bonds is 7. The molecule has 7 heteroatoms. The lowest BCUT2D eigenvalue weighted by Gasteiger charge is -2.22. The van der Waals surface area contributed by atoms with E-state index in [1.54, 1.807) is 11.8 Å². The smallest absolute Gasteiger partial charge is 0.193 e. The average Bonchev–Trinajstić information content (AvgIpc) is 3.25. The van der Waals surface area contributed by atoms with Gasteiger partial charge in [-0.05, 0) is 43.3 Å². The van der Waals surface area contributed by atoms with E-state index in [1.807, 2.05) is 7.05 Å². The van der Waals surface area contributed by atoms with Crippen molar-refractivity contribution in [3.8, 4) is 0 Å². The topological polar surface area (TPSA) is 58.3 Å². The molecule has 0 radical (unpaired) electrons. The molecule has 3 rings (SSSR count). The zero-order valence-corrected chi connectivity index (χ0v) is 18.3. The number of nitrogens with zero attached hydrogens (tertiary/aromatic N) is 5. The molecule has 0 aromatic carbocycles. The van der Waals surface area contributed by atoms with Crippen molar-refractivity contribution in [1.29, 1.82) is 0 Å². The number of aliphatic imine (C=N–C) groups is 1. The van der Waals surface area contributed by atoms with Gasteiger partial charge >= 0.3 is 0 Å². The minimum absolute atomic E-state index is 0.598. The Labute approximate surface area is 168 Å². The van der Waals surface area contributed by atoms with Crippen LogP contribution in [-0.2, 0) is 13.0 Å². The van der Waals surface area contributed by atoms with Gasteiger partial charge in [-0.2, -0.15) is 0 Å². The van der Waals surface area contributed by atoms with Crippen LogP contribution >= 0.6 is 11.8 Å². The van der Waals surface area contributed by atoms with Crippen LogP contribution in [0.25, 0.3) is 0 Å².